The Morgan fingerprint density at radius 3 is 2.00 bits per heavy atom. The van der Waals surface area contributed by atoms with Crippen LogP contribution in [-0.2, 0) is 10.3 Å². The normalized spacial score (nSPS) is 24.4. The number of hydrogen-bond acceptors (Lipinski definition) is 4. The van der Waals surface area contributed by atoms with Crippen molar-refractivity contribution in [2.75, 3.05) is 13.7 Å². The van der Waals surface area contributed by atoms with Crippen LogP contribution in [0, 0.1) is 13.8 Å². The Bertz CT molecular complexity index is 1250. The molecule has 2 atom stereocenters. The molecule has 2 unspecified atom stereocenters. The number of amides is 1. The van der Waals surface area contributed by atoms with Gasteiger partial charge in [-0.15, -0.1) is 0 Å². The van der Waals surface area contributed by atoms with E-state index in [0.29, 0.717) is 19.4 Å². The highest BCUT2D eigenvalue weighted by Gasteiger charge is 2.51. The fourth-order valence-corrected chi connectivity index (χ4v) is 6.97. The second-order valence-electron chi connectivity index (χ2n) is 10.7. The summed E-state index contributed by atoms with van der Waals surface area (Å²) in [7, 11) is 1.68. The summed E-state index contributed by atoms with van der Waals surface area (Å²) in [5, 5.41) is 11.7. The van der Waals surface area contributed by atoms with Crippen molar-refractivity contribution >= 4 is 6.09 Å². The molecule has 0 spiro atoms. The molecule has 5 nitrogen and oxygen atoms in total. The van der Waals surface area contributed by atoms with Crippen LogP contribution in [-0.4, -0.2) is 41.9 Å². The van der Waals surface area contributed by atoms with Gasteiger partial charge >= 0.3 is 6.09 Å². The van der Waals surface area contributed by atoms with E-state index in [4.69, 9.17) is 9.47 Å². The van der Waals surface area contributed by atoms with Gasteiger partial charge in [0, 0.05) is 30.8 Å². The zero-order valence-electron chi connectivity index (χ0n) is 21.2. The molecular formula is C31H33NO4. The fourth-order valence-electron chi connectivity index (χ4n) is 6.97. The van der Waals surface area contributed by atoms with Gasteiger partial charge in [-0.3, -0.25) is 0 Å². The number of hydrogen-bond donors (Lipinski definition) is 1. The molecule has 2 heterocycles. The van der Waals surface area contributed by atoms with E-state index in [1.807, 2.05) is 43.0 Å². The molecule has 1 amide bonds. The minimum absolute atomic E-state index is 0.0212. The third-order valence-corrected chi connectivity index (χ3v) is 8.52. The van der Waals surface area contributed by atoms with Crippen molar-refractivity contribution < 1.29 is 19.4 Å². The van der Waals surface area contributed by atoms with Crippen molar-refractivity contribution in [3.63, 3.8) is 0 Å². The third-order valence-electron chi connectivity index (χ3n) is 8.52. The van der Waals surface area contributed by atoms with Gasteiger partial charge in [0.1, 0.15) is 12.4 Å². The Labute approximate surface area is 212 Å². The first-order valence-corrected chi connectivity index (χ1v) is 12.9. The van der Waals surface area contributed by atoms with Gasteiger partial charge in [0.2, 0.25) is 0 Å². The van der Waals surface area contributed by atoms with Crippen molar-refractivity contribution in [2.45, 2.75) is 63.1 Å². The number of benzene rings is 3. The van der Waals surface area contributed by atoms with Crippen LogP contribution in [0.3, 0.4) is 0 Å². The summed E-state index contributed by atoms with van der Waals surface area (Å²) in [5.74, 6) is 0.910. The van der Waals surface area contributed by atoms with Gasteiger partial charge in [-0.1, -0.05) is 48.5 Å². The second kappa shape index (κ2) is 8.67. The lowest BCUT2D eigenvalue weighted by molar-refractivity contribution is -0.0532. The van der Waals surface area contributed by atoms with Crippen molar-refractivity contribution in [1.82, 2.24) is 4.90 Å². The van der Waals surface area contributed by atoms with Crippen LogP contribution in [0.5, 0.6) is 5.75 Å². The molecule has 2 saturated heterocycles. The summed E-state index contributed by atoms with van der Waals surface area (Å²) in [6.45, 7) is 4.35. The number of aliphatic hydroxyl groups is 1. The van der Waals surface area contributed by atoms with Crippen LogP contribution in [0.1, 0.15) is 59.4 Å². The fraction of sp³-hybridized carbons (Fsp3) is 0.387. The maximum absolute atomic E-state index is 13.4. The summed E-state index contributed by atoms with van der Waals surface area (Å²) in [4.78, 5) is 15.3. The molecule has 3 aliphatic rings. The molecule has 2 fully saturated rings. The van der Waals surface area contributed by atoms with Gasteiger partial charge in [0.15, 0.2) is 0 Å². The zero-order valence-corrected chi connectivity index (χ0v) is 21.2. The van der Waals surface area contributed by atoms with Gasteiger partial charge in [-0.2, -0.15) is 0 Å². The molecule has 2 aliphatic heterocycles. The maximum atomic E-state index is 13.4. The molecule has 0 aromatic heterocycles. The highest BCUT2D eigenvalue weighted by Crippen LogP contribution is 2.48. The summed E-state index contributed by atoms with van der Waals surface area (Å²) in [6.07, 6.45) is 2.59. The second-order valence-corrected chi connectivity index (χ2v) is 10.7. The van der Waals surface area contributed by atoms with Crippen LogP contribution in [0.4, 0.5) is 4.79 Å². The number of nitrogens with zero attached hydrogens (tertiary/aromatic N) is 1. The number of ether oxygens (including phenoxy) is 2. The molecule has 5 heteroatoms. The lowest BCUT2D eigenvalue weighted by Crippen LogP contribution is -2.52. The Kier molecular flexibility index (Phi) is 5.56. The zero-order chi connectivity index (χ0) is 25.0. The first-order valence-electron chi connectivity index (χ1n) is 12.9. The van der Waals surface area contributed by atoms with Crippen molar-refractivity contribution in [2.24, 2.45) is 0 Å². The summed E-state index contributed by atoms with van der Waals surface area (Å²) in [6, 6.07) is 20.8. The molecular weight excluding hydrogens is 450 g/mol. The van der Waals surface area contributed by atoms with Crippen LogP contribution >= 0.6 is 0 Å². The Balaban J connectivity index is 1.19. The minimum atomic E-state index is -0.951. The van der Waals surface area contributed by atoms with Crippen molar-refractivity contribution in [1.29, 1.82) is 0 Å². The predicted molar refractivity (Wildman–Crippen MR) is 139 cm³/mol. The molecule has 1 aliphatic carbocycles. The lowest BCUT2D eigenvalue weighted by Gasteiger charge is -2.43. The molecule has 186 valence electrons. The van der Waals surface area contributed by atoms with Gasteiger partial charge in [-0.05, 0) is 77.8 Å². The van der Waals surface area contributed by atoms with E-state index in [1.165, 1.54) is 22.3 Å². The monoisotopic (exact) mass is 483 g/mol. The number of aryl methyl sites for hydroxylation is 2. The van der Waals surface area contributed by atoms with Gasteiger partial charge in [0.25, 0.3) is 0 Å². The molecule has 2 bridgehead atoms. The SMILES string of the molecule is COc1c(C)cc(C2(O)CC3CCC(C2)N3C(=O)OCC2c3ccccc3-c3ccccc32)cc1C. The van der Waals surface area contributed by atoms with Crippen molar-refractivity contribution in [3.05, 3.63) is 88.5 Å². The van der Waals surface area contributed by atoms with E-state index in [9.17, 15) is 9.90 Å². The first kappa shape index (κ1) is 23.1. The Morgan fingerprint density at radius 1 is 0.944 bits per heavy atom. The highest BCUT2D eigenvalue weighted by molar-refractivity contribution is 5.79. The highest BCUT2D eigenvalue weighted by atomic mass is 16.6. The van der Waals surface area contributed by atoms with E-state index < -0.39 is 5.60 Å². The predicted octanol–water partition coefficient (Wildman–Crippen LogP) is 6.08. The van der Waals surface area contributed by atoms with E-state index in [2.05, 4.69) is 36.4 Å². The molecule has 1 N–H and O–H groups in total. The van der Waals surface area contributed by atoms with Crippen LogP contribution in [0.2, 0.25) is 0 Å². The molecule has 3 aromatic rings. The summed E-state index contributed by atoms with van der Waals surface area (Å²) >= 11 is 0. The summed E-state index contributed by atoms with van der Waals surface area (Å²) < 4.78 is 11.5. The van der Waals surface area contributed by atoms with E-state index >= 15 is 0 Å². The number of carbonyl (C=O) groups is 1. The molecule has 36 heavy (non-hydrogen) atoms. The van der Waals surface area contributed by atoms with Crippen LogP contribution < -0.4 is 4.74 Å². The topological polar surface area (TPSA) is 59.0 Å². The van der Waals surface area contributed by atoms with Crippen LogP contribution in [0.25, 0.3) is 11.1 Å². The minimum Gasteiger partial charge on any atom is -0.496 e. The quantitative estimate of drug-likeness (QED) is 0.489. The summed E-state index contributed by atoms with van der Waals surface area (Å²) in [5.41, 5.74) is 6.89. The Hall–Kier alpha value is -3.31. The molecule has 6 rings (SSSR count). The number of fused-ring (bicyclic) bond motifs is 5. The third kappa shape index (κ3) is 3.60. The first-order chi connectivity index (χ1) is 17.4. The van der Waals surface area contributed by atoms with Gasteiger partial charge in [0.05, 0.1) is 12.7 Å². The van der Waals surface area contributed by atoms with Gasteiger partial charge in [-0.25, -0.2) is 4.79 Å². The Morgan fingerprint density at radius 2 is 1.47 bits per heavy atom. The van der Waals surface area contributed by atoms with Gasteiger partial charge < -0.3 is 19.5 Å². The van der Waals surface area contributed by atoms with Crippen LogP contribution in [0.15, 0.2) is 60.7 Å². The van der Waals surface area contributed by atoms with E-state index in [0.717, 1.165) is 35.3 Å². The lowest BCUT2D eigenvalue weighted by atomic mass is 9.79. The smallest absolute Gasteiger partial charge is 0.410 e. The standard InChI is InChI=1S/C31H33NO4/c1-19-14-21(15-20(2)29(19)35-3)31(34)16-22-12-13-23(17-31)32(22)30(33)36-18-28-26-10-6-4-8-24(26)25-9-5-7-11-27(25)28/h4-11,14-15,22-23,28,34H,12-13,16-18H2,1-3H3. The molecule has 3 aromatic carbocycles. The number of carbonyl (C=O) groups excluding carboxylic acids is 1. The molecule has 0 saturated carbocycles. The number of methoxy groups -OCH3 is 1. The van der Waals surface area contributed by atoms with E-state index in [1.54, 1.807) is 7.11 Å². The van der Waals surface area contributed by atoms with Crippen molar-refractivity contribution in [3.8, 4) is 16.9 Å². The average molecular weight is 484 g/mol. The number of rotatable bonds is 4. The number of piperidine rings is 1. The molecule has 0 radical (unpaired) electrons. The largest absolute Gasteiger partial charge is 0.496 e. The maximum Gasteiger partial charge on any atom is 0.410 e. The van der Waals surface area contributed by atoms with E-state index in [-0.39, 0.29) is 24.1 Å². The average Bonchev–Trinajstić information content (AvgIpc) is 3.34.